The van der Waals surface area contributed by atoms with Crippen LogP contribution in [0.2, 0.25) is 13.1 Å². The molecule has 0 N–H and O–H groups in total. The third-order valence-electron chi connectivity index (χ3n) is 9.30. The van der Waals surface area contributed by atoms with E-state index in [2.05, 4.69) is 179 Å². The zero-order valence-corrected chi connectivity index (χ0v) is 37.3. The number of hydrogen-bond acceptors (Lipinski definition) is 0. The molecule has 0 unspecified atom stereocenters. The predicted molar refractivity (Wildman–Crippen MR) is 225 cm³/mol. The Morgan fingerprint density at radius 3 is 1.12 bits per heavy atom. The maximum absolute atomic E-state index is 4.93. The average Bonchev–Trinajstić information content (AvgIpc) is 3.71. The Balaban J connectivity index is 0.000000234. The first-order valence-corrected chi connectivity index (χ1v) is 26.3. The summed E-state index contributed by atoms with van der Waals surface area (Å²) in [7, 11) is 11.0. The molecule has 0 bridgehead atoms. The van der Waals surface area contributed by atoms with Gasteiger partial charge < -0.3 is 0 Å². The molecule has 4 heteroatoms. The standard InChI is InChI=1S/2C22H25.C2H6Si.2ClH.Zr/c2*1-14(2)18-12-17-10-11-19(15(3)4)22(21(17)13-18)20-9-7-6-8-16(20)5;1-3-2;;;/h2*6-15H,1-5H3;1-2H3;2*1H;/q2*-1;;;;+4/p-2. The van der Waals surface area contributed by atoms with Crippen LogP contribution < -0.4 is 0 Å². The van der Waals surface area contributed by atoms with Gasteiger partial charge in [0.05, 0.1) is 0 Å². The van der Waals surface area contributed by atoms with Gasteiger partial charge >= 0.3 is 37.9 Å². The van der Waals surface area contributed by atoms with Gasteiger partial charge in [-0.2, -0.15) is 12.1 Å². The summed E-state index contributed by atoms with van der Waals surface area (Å²) in [4.78, 5) is 0. The Bertz CT molecular complexity index is 1800. The molecule has 0 aliphatic carbocycles. The van der Waals surface area contributed by atoms with Gasteiger partial charge in [0.1, 0.15) is 0 Å². The van der Waals surface area contributed by atoms with Crippen molar-refractivity contribution in [3.8, 4) is 22.3 Å². The van der Waals surface area contributed by atoms with Gasteiger partial charge in [-0.05, 0) is 59.8 Å². The van der Waals surface area contributed by atoms with Crippen molar-refractivity contribution in [3.05, 3.63) is 130 Å². The van der Waals surface area contributed by atoms with Gasteiger partial charge in [-0.25, -0.2) is 0 Å². The molecule has 0 heterocycles. The van der Waals surface area contributed by atoms with E-state index >= 15 is 0 Å². The van der Waals surface area contributed by atoms with Crippen molar-refractivity contribution in [1.82, 2.24) is 0 Å². The number of benzene rings is 4. The van der Waals surface area contributed by atoms with Crippen molar-refractivity contribution in [2.24, 2.45) is 0 Å². The Morgan fingerprint density at radius 1 is 0.520 bits per heavy atom. The fraction of sp³-hybridized carbons (Fsp3) is 0.348. The number of hydrogen-bond donors (Lipinski definition) is 0. The molecule has 6 aromatic carbocycles. The molecule has 0 saturated heterocycles. The van der Waals surface area contributed by atoms with Crippen molar-refractivity contribution in [3.63, 3.8) is 0 Å². The van der Waals surface area contributed by atoms with Crippen LogP contribution in [0.5, 0.6) is 0 Å². The minimum absolute atomic E-state index is 0.524. The minimum atomic E-state index is -0.826. The summed E-state index contributed by atoms with van der Waals surface area (Å²) in [5, 5.41) is 5.55. The van der Waals surface area contributed by atoms with Crippen LogP contribution in [0.25, 0.3) is 43.8 Å². The average molecular weight is 799 g/mol. The summed E-state index contributed by atoms with van der Waals surface area (Å²) in [5.74, 6) is 2.19. The van der Waals surface area contributed by atoms with Gasteiger partial charge in [-0.3, -0.25) is 0 Å². The molecule has 0 aliphatic heterocycles. The fourth-order valence-corrected chi connectivity index (χ4v) is 6.58. The molecule has 0 fully saturated rings. The molecule has 0 amide bonds. The molecule has 6 aromatic rings. The van der Waals surface area contributed by atoms with Crippen LogP contribution in [-0.4, -0.2) is 9.52 Å². The zero-order valence-electron chi connectivity index (χ0n) is 32.3. The second-order valence-electron chi connectivity index (χ2n) is 14.5. The molecular weight excluding hydrogens is 743 g/mol. The van der Waals surface area contributed by atoms with Crippen LogP contribution in [0.4, 0.5) is 0 Å². The molecule has 2 radical (unpaired) electrons. The Kier molecular flexibility index (Phi) is 17.0. The molecule has 6 rings (SSSR count). The molecule has 262 valence electrons. The molecule has 0 aromatic heterocycles. The van der Waals surface area contributed by atoms with Crippen LogP contribution in [0.15, 0.2) is 97.1 Å². The van der Waals surface area contributed by atoms with Crippen LogP contribution in [0.1, 0.15) is 112 Å². The first kappa shape index (κ1) is 42.2. The van der Waals surface area contributed by atoms with E-state index in [-0.39, 0.29) is 0 Å². The quantitative estimate of drug-likeness (QED) is 0.116. The normalized spacial score (nSPS) is 10.9. The second kappa shape index (κ2) is 20.1. The van der Waals surface area contributed by atoms with Crippen molar-refractivity contribution >= 4 is 48.1 Å². The predicted octanol–water partition coefficient (Wildman–Crippen LogP) is 15.7. The van der Waals surface area contributed by atoms with Crippen LogP contribution in [0, 0.1) is 13.8 Å². The third-order valence-corrected chi connectivity index (χ3v) is 9.30. The number of halogens is 2. The van der Waals surface area contributed by atoms with Gasteiger partial charge in [0.2, 0.25) is 0 Å². The van der Waals surface area contributed by atoms with Crippen molar-refractivity contribution in [1.29, 1.82) is 0 Å². The zero-order chi connectivity index (χ0) is 37.1. The number of rotatable bonds is 6. The van der Waals surface area contributed by atoms with E-state index in [4.69, 9.17) is 17.0 Å². The molecular formula is C46H56Cl2SiZr. The SMILES string of the molecule is C[Si]C.Cc1ccccc1-c1c(C(C)C)ccc2[cH-]c(C(C)C)cc12.Cc1ccccc1-c1c(C(C)C)ccc2[cH-]c(C(C)C)cc12.[Cl][Zr+2][Cl]. The molecule has 0 aliphatic rings. The van der Waals surface area contributed by atoms with Crippen LogP contribution in [-0.2, 0) is 20.8 Å². The fourth-order valence-electron chi connectivity index (χ4n) is 6.58. The van der Waals surface area contributed by atoms with E-state index in [9.17, 15) is 0 Å². The third kappa shape index (κ3) is 10.4. The summed E-state index contributed by atoms with van der Waals surface area (Å²) in [5.41, 5.74) is 14.1. The summed E-state index contributed by atoms with van der Waals surface area (Å²) in [6.45, 7) is 27.0. The van der Waals surface area contributed by atoms with E-state index in [0.29, 0.717) is 23.7 Å². The van der Waals surface area contributed by atoms with Gasteiger partial charge in [-0.15, -0.1) is 69.1 Å². The first-order chi connectivity index (χ1) is 23.8. The van der Waals surface area contributed by atoms with E-state index in [0.717, 1.165) is 9.52 Å². The molecule has 50 heavy (non-hydrogen) atoms. The summed E-state index contributed by atoms with van der Waals surface area (Å²) in [6.07, 6.45) is 0. The first-order valence-electron chi connectivity index (χ1n) is 17.9. The Hall–Kier alpha value is -2.22. The van der Waals surface area contributed by atoms with Crippen LogP contribution in [0.3, 0.4) is 0 Å². The van der Waals surface area contributed by atoms with E-state index < -0.39 is 20.8 Å². The molecule has 0 saturated carbocycles. The summed E-state index contributed by atoms with van der Waals surface area (Å²) >= 11 is -0.826. The number of fused-ring (bicyclic) bond motifs is 2. The number of aryl methyl sites for hydroxylation is 2. The Morgan fingerprint density at radius 2 is 0.840 bits per heavy atom. The van der Waals surface area contributed by atoms with Gasteiger partial charge in [0, 0.05) is 9.52 Å². The van der Waals surface area contributed by atoms with E-state index in [1.165, 1.54) is 77.2 Å². The van der Waals surface area contributed by atoms with Crippen LogP contribution >= 0.6 is 17.0 Å². The molecule has 0 nitrogen and oxygen atoms in total. The van der Waals surface area contributed by atoms with Gasteiger partial charge in [-0.1, -0.05) is 139 Å². The van der Waals surface area contributed by atoms with Gasteiger partial charge in [0.15, 0.2) is 0 Å². The van der Waals surface area contributed by atoms with E-state index in [1.54, 1.807) is 0 Å². The monoisotopic (exact) mass is 796 g/mol. The van der Waals surface area contributed by atoms with E-state index in [1.807, 2.05) is 0 Å². The molecule has 0 atom stereocenters. The van der Waals surface area contributed by atoms with Crippen molar-refractivity contribution in [2.45, 2.75) is 106 Å². The van der Waals surface area contributed by atoms with Crippen molar-refractivity contribution < 1.29 is 20.8 Å². The maximum atomic E-state index is 4.93. The van der Waals surface area contributed by atoms with Gasteiger partial charge in [0.25, 0.3) is 0 Å². The topological polar surface area (TPSA) is 0 Å². The summed E-state index contributed by atoms with van der Waals surface area (Å²) in [6, 6.07) is 36.2. The summed E-state index contributed by atoms with van der Waals surface area (Å²) < 4.78 is 0. The van der Waals surface area contributed by atoms with Crippen molar-refractivity contribution in [2.75, 3.05) is 0 Å². The Labute approximate surface area is 325 Å². The molecule has 0 spiro atoms. The second-order valence-corrected chi connectivity index (χ2v) is 19.2.